The maximum atomic E-state index is 12.2. The third-order valence-electron chi connectivity index (χ3n) is 2.39. The third kappa shape index (κ3) is 3.16. The molecule has 1 N–H and O–H groups in total. The molecule has 0 aromatic heterocycles. The van der Waals surface area contributed by atoms with Gasteiger partial charge in [-0.3, -0.25) is 9.60 Å². The van der Waals surface area contributed by atoms with E-state index in [1.165, 1.54) is 0 Å². The Bertz CT molecular complexity index is 160. The van der Waals surface area contributed by atoms with Gasteiger partial charge < -0.3 is 5.11 Å². The topological polar surface area (TPSA) is 40.5 Å². The molecule has 0 aliphatic heterocycles. The normalized spacial score (nSPS) is 17.6. The predicted molar refractivity (Wildman–Crippen MR) is 45.2 cm³/mol. The summed E-state index contributed by atoms with van der Waals surface area (Å²) in [4.78, 5) is 11.4. The molecule has 0 unspecified atom stereocenters. The summed E-state index contributed by atoms with van der Waals surface area (Å²) in [6.45, 7) is -0.875. The molecule has 0 aromatic carbocycles. The minimum absolute atomic E-state index is 0. The summed E-state index contributed by atoms with van der Waals surface area (Å²) in [5.41, 5.74) is 0. The van der Waals surface area contributed by atoms with E-state index in [2.05, 4.69) is 0 Å². The van der Waals surface area contributed by atoms with Crippen LogP contribution in [0.4, 0.5) is 13.9 Å². The van der Waals surface area contributed by atoms with Crippen LogP contribution in [0.2, 0.25) is 0 Å². The lowest BCUT2D eigenvalue weighted by molar-refractivity contribution is 0.0841. The van der Waals surface area contributed by atoms with Crippen molar-refractivity contribution in [3.8, 4) is 0 Å². The number of rotatable bonds is 2. The fourth-order valence-electron chi connectivity index (χ4n) is 1.70. The molecule has 0 atom stereocenters. The van der Waals surface area contributed by atoms with E-state index >= 15 is 0 Å². The van der Waals surface area contributed by atoms with Crippen molar-refractivity contribution >= 4 is 6.09 Å². The summed E-state index contributed by atoms with van der Waals surface area (Å²) < 4.78 is 12.2. The van der Waals surface area contributed by atoms with Crippen LogP contribution in [0.15, 0.2) is 0 Å². The maximum Gasteiger partial charge on any atom is 0.409 e. The number of carboxylic acid groups (broad SMARTS) is 1. The Hall–Kier alpha value is -0.870. The van der Waals surface area contributed by atoms with E-state index in [1.807, 2.05) is 0 Å². The first-order valence-electron chi connectivity index (χ1n) is 4.31. The zero-order chi connectivity index (χ0) is 8.97. The van der Waals surface area contributed by atoms with Crippen LogP contribution in [-0.2, 0) is 0 Å². The lowest BCUT2D eigenvalue weighted by atomic mass is 9.95. The first-order valence-corrected chi connectivity index (χ1v) is 4.31. The van der Waals surface area contributed by atoms with E-state index in [4.69, 9.17) is 5.11 Å². The average Bonchev–Trinajstić information content (AvgIpc) is 2.07. The SMILES string of the molecule is F.O=C(O)N(CF)C1CCCCC1. The van der Waals surface area contributed by atoms with Crippen LogP contribution in [-0.4, -0.2) is 28.9 Å². The molecule has 0 heterocycles. The first kappa shape index (κ1) is 12.1. The van der Waals surface area contributed by atoms with Gasteiger partial charge in [-0.15, -0.1) is 0 Å². The molecule has 1 aliphatic rings. The van der Waals surface area contributed by atoms with Gasteiger partial charge >= 0.3 is 6.09 Å². The molecule has 1 amide bonds. The lowest BCUT2D eigenvalue weighted by Crippen LogP contribution is -2.39. The fraction of sp³-hybridized carbons (Fsp3) is 0.875. The molecule has 13 heavy (non-hydrogen) atoms. The Morgan fingerprint density at radius 1 is 1.38 bits per heavy atom. The molecule has 0 spiro atoms. The third-order valence-corrected chi connectivity index (χ3v) is 2.39. The summed E-state index contributed by atoms with van der Waals surface area (Å²) in [7, 11) is 0. The van der Waals surface area contributed by atoms with Gasteiger partial charge in [-0.1, -0.05) is 19.3 Å². The second-order valence-corrected chi connectivity index (χ2v) is 3.16. The highest BCUT2D eigenvalue weighted by Gasteiger charge is 2.24. The van der Waals surface area contributed by atoms with Crippen LogP contribution in [0.3, 0.4) is 0 Å². The highest BCUT2D eigenvalue weighted by atomic mass is 19.1. The molecule has 5 heteroatoms. The molecule has 1 aliphatic carbocycles. The second-order valence-electron chi connectivity index (χ2n) is 3.16. The van der Waals surface area contributed by atoms with E-state index < -0.39 is 12.9 Å². The summed E-state index contributed by atoms with van der Waals surface area (Å²) in [6.07, 6.45) is 3.69. The van der Waals surface area contributed by atoms with Gasteiger partial charge in [-0.2, -0.15) is 0 Å². The Balaban J connectivity index is 0.00000144. The van der Waals surface area contributed by atoms with E-state index in [0.29, 0.717) is 0 Å². The first-order chi connectivity index (χ1) is 5.75. The highest BCUT2D eigenvalue weighted by molar-refractivity contribution is 5.65. The van der Waals surface area contributed by atoms with Crippen molar-refractivity contribution in [3.05, 3.63) is 0 Å². The molecule has 0 aromatic rings. The predicted octanol–water partition coefficient (Wildman–Crippen LogP) is 2.38. The largest absolute Gasteiger partial charge is 0.465 e. The smallest absolute Gasteiger partial charge is 0.409 e. The van der Waals surface area contributed by atoms with Crippen molar-refractivity contribution in [2.45, 2.75) is 38.1 Å². The maximum absolute atomic E-state index is 12.2. The van der Waals surface area contributed by atoms with Gasteiger partial charge in [0.15, 0.2) is 6.80 Å². The molecule has 1 saturated carbocycles. The van der Waals surface area contributed by atoms with Gasteiger partial charge in [-0.25, -0.2) is 9.18 Å². The van der Waals surface area contributed by atoms with E-state index in [-0.39, 0.29) is 10.7 Å². The number of nitrogens with zero attached hydrogens (tertiary/aromatic N) is 1. The van der Waals surface area contributed by atoms with Crippen LogP contribution in [0, 0.1) is 0 Å². The lowest BCUT2D eigenvalue weighted by Gasteiger charge is -2.29. The number of hydrogen-bond donors (Lipinski definition) is 1. The van der Waals surface area contributed by atoms with E-state index in [1.54, 1.807) is 0 Å². The minimum Gasteiger partial charge on any atom is -0.465 e. The summed E-state index contributed by atoms with van der Waals surface area (Å²) >= 11 is 0. The zero-order valence-electron chi connectivity index (χ0n) is 7.41. The second kappa shape index (κ2) is 5.72. The zero-order valence-corrected chi connectivity index (χ0v) is 7.41. The number of halogens is 2. The molecule has 0 saturated heterocycles. The summed E-state index contributed by atoms with van der Waals surface area (Å²) in [5.74, 6) is 0. The minimum atomic E-state index is -1.13. The van der Waals surface area contributed by atoms with Gasteiger partial charge in [0.05, 0.1) is 0 Å². The van der Waals surface area contributed by atoms with Gasteiger partial charge in [0.2, 0.25) is 0 Å². The van der Waals surface area contributed by atoms with Crippen molar-refractivity contribution in [1.82, 2.24) is 4.90 Å². The van der Waals surface area contributed by atoms with Crippen molar-refractivity contribution in [3.63, 3.8) is 0 Å². The molecular weight excluding hydrogens is 180 g/mol. The molecule has 0 radical (unpaired) electrons. The molecule has 0 bridgehead atoms. The Kier molecular flexibility index (Phi) is 5.34. The van der Waals surface area contributed by atoms with Crippen molar-refractivity contribution in [2.75, 3.05) is 6.80 Å². The van der Waals surface area contributed by atoms with Gasteiger partial charge in [-0.05, 0) is 12.8 Å². The van der Waals surface area contributed by atoms with Crippen LogP contribution >= 0.6 is 0 Å². The van der Waals surface area contributed by atoms with Crippen molar-refractivity contribution in [1.29, 1.82) is 0 Å². The van der Waals surface area contributed by atoms with Gasteiger partial charge in [0.1, 0.15) is 0 Å². The average molecular weight is 195 g/mol. The summed E-state index contributed by atoms with van der Waals surface area (Å²) in [5, 5.41) is 8.61. The molecule has 78 valence electrons. The molecule has 1 fully saturated rings. The molecular formula is C8H15F2NO2. The van der Waals surface area contributed by atoms with Crippen LogP contribution < -0.4 is 0 Å². The standard InChI is InChI=1S/C8H14FNO2.FH/c9-6-10(8(11)12)7-4-2-1-3-5-7;/h7H,1-6H2,(H,11,12);1H. The number of hydrogen-bond acceptors (Lipinski definition) is 1. The monoisotopic (exact) mass is 195 g/mol. The van der Waals surface area contributed by atoms with Crippen LogP contribution in [0.1, 0.15) is 32.1 Å². The highest BCUT2D eigenvalue weighted by Crippen LogP contribution is 2.22. The van der Waals surface area contributed by atoms with Crippen molar-refractivity contribution < 1.29 is 19.0 Å². The van der Waals surface area contributed by atoms with E-state index in [0.717, 1.165) is 37.0 Å². The Labute approximate surface area is 75.9 Å². The number of carbonyl (C=O) groups is 1. The molecule has 3 nitrogen and oxygen atoms in total. The number of alkyl halides is 1. The van der Waals surface area contributed by atoms with Crippen LogP contribution in [0.5, 0.6) is 0 Å². The Morgan fingerprint density at radius 2 is 1.92 bits per heavy atom. The quantitative estimate of drug-likeness (QED) is 0.687. The van der Waals surface area contributed by atoms with Gasteiger partial charge in [0, 0.05) is 6.04 Å². The van der Waals surface area contributed by atoms with Gasteiger partial charge in [0.25, 0.3) is 0 Å². The van der Waals surface area contributed by atoms with E-state index in [9.17, 15) is 9.18 Å². The van der Waals surface area contributed by atoms with Crippen LogP contribution in [0.25, 0.3) is 0 Å². The van der Waals surface area contributed by atoms with Crippen molar-refractivity contribution in [2.24, 2.45) is 0 Å². The fourth-order valence-corrected chi connectivity index (χ4v) is 1.70. The Morgan fingerprint density at radius 3 is 2.31 bits per heavy atom. The summed E-state index contributed by atoms with van der Waals surface area (Å²) in [6, 6.07) is -0.0822. The number of amides is 1. The molecule has 1 rings (SSSR count).